The van der Waals surface area contributed by atoms with Gasteiger partial charge >= 0.3 is 0 Å². The van der Waals surface area contributed by atoms with Gasteiger partial charge in [-0.15, -0.1) is 11.3 Å². The number of halogens is 3. The summed E-state index contributed by atoms with van der Waals surface area (Å²) in [5.74, 6) is -0.0794. The molecule has 0 radical (unpaired) electrons. The number of rotatable bonds is 3. The highest BCUT2D eigenvalue weighted by atomic mass is 79.9. The lowest BCUT2D eigenvalue weighted by Gasteiger charge is -2.14. The van der Waals surface area contributed by atoms with Crippen molar-refractivity contribution in [2.24, 2.45) is 0 Å². The molecule has 2 nitrogen and oxygen atoms in total. The number of carbonyl (C=O) groups is 1. The second kappa shape index (κ2) is 6.52. The zero-order valence-corrected chi connectivity index (χ0v) is 15.5. The van der Waals surface area contributed by atoms with Crippen LogP contribution in [0.25, 0.3) is 0 Å². The second-order valence-electron chi connectivity index (χ2n) is 3.98. The molecule has 0 unspecified atom stereocenters. The van der Waals surface area contributed by atoms with Gasteiger partial charge in [0.15, 0.2) is 0 Å². The Hall–Kier alpha value is -0.170. The fourth-order valence-corrected chi connectivity index (χ4v) is 4.66. The van der Waals surface area contributed by atoms with Gasteiger partial charge in [-0.25, -0.2) is 0 Å². The van der Waals surface area contributed by atoms with Crippen molar-refractivity contribution in [1.29, 1.82) is 0 Å². The highest BCUT2D eigenvalue weighted by molar-refractivity contribution is 9.12. The Morgan fingerprint density at radius 2 is 1.84 bits per heavy atom. The van der Waals surface area contributed by atoms with E-state index in [4.69, 9.17) is 0 Å². The van der Waals surface area contributed by atoms with E-state index in [9.17, 15) is 4.79 Å². The van der Waals surface area contributed by atoms with Gasteiger partial charge in [0.2, 0.25) is 0 Å². The van der Waals surface area contributed by atoms with Crippen LogP contribution < -0.4 is 5.32 Å². The summed E-state index contributed by atoms with van der Waals surface area (Å²) < 4.78 is 2.79. The number of carbonyl (C=O) groups excluding carboxylic acids is 1. The highest BCUT2D eigenvalue weighted by Gasteiger charge is 2.16. The zero-order valence-electron chi connectivity index (χ0n) is 9.91. The summed E-state index contributed by atoms with van der Waals surface area (Å²) in [4.78, 5) is 12.2. The van der Waals surface area contributed by atoms with Crippen LogP contribution in [0.4, 0.5) is 0 Å². The van der Waals surface area contributed by atoms with Gasteiger partial charge in [0.1, 0.15) is 0 Å². The second-order valence-corrected chi connectivity index (χ2v) is 8.65. The van der Waals surface area contributed by atoms with Crippen LogP contribution in [-0.2, 0) is 0 Å². The van der Waals surface area contributed by atoms with Crippen molar-refractivity contribution in [3.8, 4) is 0 Å². The molecule has 0 bridgehead atoms. The lowest BCUT2D eigenvalue weighted by Crippen LogP contribution is -2.26. The molecule has 0 aliphatic heterocycles. The number of amides is 1. The maximum atomic E-state index is 12.2. The monoisotopic (exact) mass is 465 g/mol. The first-order valence-corrected chi connectivity index (χ1v) is 8.68. The fourth-order valence-electron chi connectivity index (χ4n) is 1.60. The first-order valence-electron chi connectivity index (χ1n) is 5.48. The summed E-state index contributed by atoms with van der Waals surface area (Å²) in [6.07, 6.45) is 0. The van der Waals surface area contributed by atoms with E-state index in [1.807, 2.05) is 37.3 Å². The van der Waals surface area contributed by atoms with Crippen LogP contribution in [0.1, 0.15) is 28.9 Å². The quantitative estimate of drug-likeness (QED) is 0.632. The van der Waals surface area contributed by atoms with E-state index in [-0.39, 0.29) is 11.9 Å². The minimum Gasteiger partial charge on any atom is -0.345 e. The third-order valence-corrected chi connectivity index (χ3v) is 5.49. The lowest BCUT2D eigenvalue weighted by molar-refractivity contribution is 0.0939. The average molecular weight is 468 g/mol. The number of benzene rings is 1. The minimum absolute atomic E-state index is 0.0359. The predicted octanol–water partition coefficient (Wildman–Crippen LogP) is 5.53. The first-order chi connectivity index (χ1) is 8.97. The molecule has 1 atom stereocenters. The Morgan fingerprint density at radius 3 is 2.37 bits per heavy atom. The molecule has 19 heavy (non-hydrogen) atoms. The SMILES string of the molecule is C[C@@H](NC(=O)c1cc(Br)sc1Br)c1ccc(Br)cc1. The largest absolute Gasteiger partial charge is 0.345 e. The van der Waals surface area contributed by atoms with Crippen LogP contribution in [0, 0.1) is 0 Å². The molecule has 100 valence electrons. The molecule has 2 rings (SSSR count). The molecule has 2 aromatic rings. The van der Waals surface area contributed by atoms with E-state index in [0.717, 1.165) is 17.6 Å². The minimum atomic E-state index is -0.0794. The van der Waals surface area contributed by atoms with Crippen LogP contribution in [0.15, 0.2) is 42.4 Å². The fraction of sp³-hybridized carbons (Fsp3) is 0.154. The van der Waals surface area contributed by atoms with Gasteiger partial charge in [0, 0.05) is 4.47 Å². The van der Waals surface area contributed by atoms with E-state index in [0.29, 0.717) is 5.56 Å². The molecule has 0 fully saturated rings. The summed E-state index contributed by atoms with van der Waals surface area (Å²) in [7, 11) is 0. The van der Waals surface area contributed by atoms with Crippen molar-refractivity contribution in [1.82, 2.24) is 5.32 Å². The van der Waals surface area contributed by atoms with Crippen molar-refractivity contribution < 1.29 is 4.79 Å². The van der Waals surface area contributed by atoms with Crippen molar-refractivity contribution in [2.45, 2.75) is 13.0 Å². The number of nitrogens with one attached hydrogen (secondary N) is 1. The molecule has 0 saturated heterocycles. The molecule has 1 heterocycles. The van der Waals surface area contributed by atoms with Crippen molar-refractivity contribution in [3.63, 3.8) is 0 Å². The van der Waals surface area contributed by atoms with Gasteiger partial charge in [-0.05, 0) is 62.5 Å². The van der Waals surface area contributed by atoms with Gasteiger partial charge in [0.25, 0.3) is 5.91 Å². The Balaban J connectivity index is 2.10. The lowest BCUT2D eigenvalue weighted by atomic mass is 10.1. The van der Waals surface area contributed by atoms with E-state index in [1.165, 1.54) is 11.3 Å². The van der Waals surface area contributed by atoms with E-state index < -0.39 is 0 Å². The standard InChI is InChI=1S/C13H10Br3NOS/c1-7(8-2-4-9(14)5-3-8)17-13(18)10-6-11(15)19-12(10)16/h2-7H,1H3,(H,17,18)/t7-/m1/s1. The van der Waals surface area contributed by atoms with Crippen LogP contribution >= 0.6 is 59.1 Å². The van der Waals surface area contributed by atoms with Gasteiger partial charge in [-0.1, -0.05) is 28.1 Å². The Bertz CT molecular complexity index is 594. The summed E-state index contributed by atoms with van der Waals surface area (Å²) in [6, 6.07) is 9.70. The van der Waals surface area contributed by atoms with E-state index in [2.05, 4.69) is 53.1 Å². The predicted molar refractivity (Wildman–Crippen MR) is 89.7 cm³/mol. The molecule has 0 aliphatic rings. The number of hydrogen-bond donors (Lipinski definition) is 1. The third-order valence-electron chi connectivity index (χ3n) is 2.62. The smallest absolute Gasteiger partial charge is 0.253 e. The van der Waals surface area contributed by atoms with Crippen molar-refractivity contribution in [3.05, 3.63) is 53.5 Å². The summed E-state index contributed by atoms with van der Waals surface area (Å²) in [5.41, 5.74) is 1.72. The van der Waals surface area contributed by atoms with Gasteiger partial charge in [-0.3, -0.25) is 4.79 Å². The van der Waals surface area contributed by atoms with Crippen LogP contribution in [0.5, 0.6) is 0 Å². The highest BCUT2D eigenvalue weighted by Crippen LogP contribution is 2.32. The van der Waals surface area contributed by atoms with E-state index in [1.54, 1.807) is 0 Å². The normalized spacial score (nSPS) is 12.2. The Labute approximate surface area is 141 Å². The van der Waals surface area contributed by atoms with Gasteiger partial charge < -0.3 is 5.32 Å². The number of thiophene rings is 1. The molecule has 1 N–H and O–H groups in total. The molecule has 1 aromatic carbocycles. The van der Waals surface area contributed by atoms with Crippen LogP contribution in [0.2, 0.25) is 0 Å². The molecule has 6 heteroatoms. The molecule has 1 amide bonds. The van der Waals surface area contributed by atoms with Crippen LogP contribution in [0.3, 0.4) is 0 Å². The topological polar surface area (TPSA) is 29.1 Å². The average Bonchev–Trinajstić information content (AvgIpc) is 2.69. The van der Waals surface area contributed by atoms with E-state index >= 15 is 0 Å². The van der Waals surface area contributed by atoms with Gasteiger partial charge in [-0.2, -0.15) is 0 Å². The molecule has 0 spiro atoms. The molecule has 0 saturated carbocycles. The van der Waals surface area contributed by atoms with Crippen molar-refractivity contribution >= 4 is 65.0 Å². The summed E-state index contributed by atoms with van der Waals surface area (Å²) >= 11 is 11.7. The molecular weight excluding hydrogens is 458 g/mol. The summed E-state index contributed by atoms with van der Waals surface area (Å²) in [6.45, 7) is 1.97. The Morgan fingerprint density at radius 1 is 1.21 bits per heavy atom. The Kier molecular flexibility index (Phi) is 5.22. The molecule has 0 aliphatic carbocycles. The zero-order chi connectivity index (χ0) is 14.0. The maximum absolute atomic E-state index is 12.2. The van der Waals surface area contributed by atoms with Crippen LogP contribution in [-0.4, -0.2) is 5.91 Å². The van der Waals surface area contributed by atoms with Gasteiger partial charge in [0.05, 0.1) is 19.2 Å². The number of hydrogen-bond acceptors (Lipinski definition) is 2. The summed E-state index contributed by atoms with van der Waals surface area (Å²) in [5, 5.41) is 2.99. The first kappa shape index (κ1) is 15.2. The molecule has 1 aromatic heterocycles. The molecular formula is C13H10Br3NOS. The maximum Gasteiger partial charge on any atom is 0.253 e. The third kappa shape index (κ3) is 3.90. The van der Waals surface area contributed by atoms with Crippen molar-refractivity contribution in [2.75, 3.05) is 0 Å².